The first-order valence-electron chi connectivity index (χ1n) is 8.30. The first kappa shape index (κ1) is 18.7. The molecule has 3 aromatic heterocycles. The van der Waals surface area contributed by atoms with Gasteiger partial charge in [0.15, 0.2) is 0 Å². The summed E-state index contributed by atoms with van der Waals surface area (Å²) in [4.78, 5) is 7.31. The van der Waals surface area contributed by atoms with Crippen LogP contribution in [0.4, 0.5) is 13.2 Å². The fourth-order valence-electron chi connectivity index (χ4n) is 3.27. The molecule has 148 valence electrons. The Balaban J connectivity index is 1.71. The third-order valence-electron chi connectivity index (χ3n) is 4.69. The van der Waals surface area contributed by atoms with E-state index in [4.69, 9.17) is 0 Å². The van der Waals surface area contributed by atoms with Crippen LogP contribution in [0.25, 0.3) is 10.9 Å². The molecule has 0 aliphatic carbocycles. The van der Waals surface area contributed by atoms with Crippen molar-refractivity contribution in [2.75, 3.05) is 6.54 Å². The Kier molecular flexibility index (Phi) is 4.12. The molecule has 1 aliphatic rings. The lowest BCUT2D eigenvalue weighted by Crippen LogP contribution is -2.38. The first-order chi connectivity index (χ1) is 13.1. The smallest absolute Gasteiger partial charge is 0.433 e. The van der Waals surface area contributed by atoms with Crippen LogP contribution in [0.2, 0.25) is 0 Å². The molecule has 4 heterocycles. The van der Waals surface area contributed by atoms with Crippen LogP contribution in [0.1, 0.15) is 17.1 Å². The number of nitrogens with zero attached hydrogens (tertiary/aromatic N) is 4. The molecule has 0 aromatic carbocycles. The van der Waals surface area contributed by atoms with Crippen molar-refractivity contribution in [3.05, 3.63) is 47.5 Å². The molecule has 3 aromatic rings. The lowest BCUT2D eigenvalue weighted by molar-refractivity contribution is -0.141. The minimum atomic E-state index is -4.64. The molecule has 1 aliphatic heterocycles. The summed E-state index contributed by atoms with van der Waals surface area (Å²) in [6.07, 6.45) is -3.93. The van der Waals surface area contributed by atoms with Gasteiger partial charge in [-0.15, -0.1) is 0 Å². The molecule has 0 atom stereocenters. The fourth-order valence-corrected chi connectivity index (χ4v) is 4.61. The number of hydrogen-bond donors (Lipinski definition) is 1. The summed E-state index contributed by atoms with van der Waals surface area (Å²) in [5.74, 6) is 0.0192. The second-order valence-electron chi connectivity index (χ2n) is 6.49. The van der Waals surface area contributed by atoms with Crippen molar-refractivity contribution in [3.63, 3.8) is 0 Å². The van der Waals surface area contributed by atoms with E-state index in [1.54, 1.807) is 23.6 Å². The molecule has 1 N–H and O–H groups in total. The first-order valence-corrected chi connectivity index (χ1v) is 9.74. The third-order valence-corrected chi connectivity index (χ3v) is 6.52. The summed E-state index contributed by atoms with van der Waals surface area (Å²) < 4.78 is 66.5. The minimum Gasteiger partial charge on any atom is -0.494 e. The average Bonchev–Trinajstić information content (AvgIpc) is 2.92. The Bertz CT molecular complexity index is 1170. The summed E-state index contributed by atoms with van der Waals surface area (Å²) in [7, 11) is -4.06. The van der Waals surface area contributed by atoms with Crippen LogP contribution >= 0.6 is 0 Å². The predicted molar refractivity (Wildman–Crippen MR) is 93.0 cm³/mol. The van der Waals surface area contributed by atoms with Crippen LogP contribution in [0.5, 0.6) is 5.88 Å². The zero-order chi connectivity index (χ0) is 20.3. The number of hydrogen-bond acceptors (Lipinski definition) is 5. The zero-order valence-electron chi connectivity index (χ0n) is 14.6. The molecule has 0 spiro atoms. The Hall–Kier alpha value is -2.66. The third kappa shape index (κ3) is 2.90. The summed E-state index contributed by atoms with van der Waals surface area (Å²) in [6, 6.07) is 5.01. The van der Waals surface area contributed by atoms with Crippen LogP contribution in [0.15, 0.2) is 35.4 Å². The molecule has 28 heavy (non-hydrogen) atoms. The number of aromatic hydroxyl groups is 1. The van der Waals surface area contributed by atoms with Crippen molar-refractivity contribution in [2.45, 2.75) is 31.1 Å². The largest absolute Gasteiger partial charge is 0.494 e. The Morgan fingerprint density at radius 1 is 1.14 bits per heavy atom. The van der Waals surface area contributed by atoms with Crippen molar-refractivity contribution >= 4 is 20.9 Å². The molecule has 4 rings (SSSR count). The lowest BCUT2D eigenvalue weighted by Gasteiger charge is -2.28. The number of fused-ring (bicyclic) bond motifs is 3. The highest BCUT2D eigenvalue weighted by Gasteiger charge is 2.35. The van der Waals surface area contributed by atoms with Crippen molar-refractivity contribution in [1.82, 2.24) is 18.8 Å². The van der Waals surface area contributed by atoms with Crippen molar-refractivity contribution < 1.29 is 26.7 Å². The average molecular weight is 412 g/mol. The van der Waals surface area contributed by atoms with Gasteiger partial charge >= 0.3 is 6.18 Å². The van der Waals surface area contributed by atoms with Crippen LogP contribution in [0, 0.1) is 6.92 Å². The van der Waals surface area contributed by atoms with Crippen molar-refractivity contribution in [1.29, 1.82) is 0 Å². The van der Waals surface area contributed by atoms with Crippen molar-refractivity contribution in [3.8, 4) is 5.88 Å². The van der Waals surface area contributed by atoms with E-state index in [-0.39, 0.29) is 30.4 Å². The van der Waals surface area contributed by atoms with Gasteiger partial charge in [-0.05, 0) is 31.2 Å². The van der Waals surface area contributed by atoms with E-state index in [1.807, 2.05) is 0 Å². The SMILES string of the molecule is Cc1ccc2c(O)n3c(c2n1)CN(S(=O)(=O)c1ccc(C(F)(F)F)nc1)CC3. The molecule has 0 fully saturated rings. The summed E-state index contributed by atoms with van der Waals surface area (Å²) in [5.41, 5.74) is 0.594. The topological polar surface area (TPSA) is 88.3 Å². The zero-order valence-corrected chi connectivity index (χ0v) is 15.4. The van der Waals surface area contributed by atoms with Gasteiger partial charge in [0.1, 0.15) is 10.6 Å². The predicted octanol–water partition coefficient (Wildman–Crippen LogP) is 2.67. The molecular formula is C17H15F3N4O3S. The van der Waals surface area contributed by atoms with Crippen LogP contribution in [-0.2, 0) is 29.3 Å². The van der Waals surface area contributed by atoms with Crippen molar-refractivity contribution in [2.24, 2.45) is 0 Å². The Labute approximate surface area is 158 Å². The van der Waals surface area contributed by atoms with E-state index < -0.39 is 21.9 Å². The molecule has 0 unspecified atom stereocenters. The highest BCUT2D eigenvalue weighted by atomic mass is 32.2. The molecule has 11 heteroatoms. The van der Waals surface area contributed by atoms with Gasteiger partial charge in [0, 0.05) is 25.0 Å². The van der Waals surface area contributed by atoms with E-state index >= 15 is 0 Å². The van der Waals surface area contributed by atoms with E-state index in [2.05, 4.69) is 9.97 Å². The monoisotopic (exact) mass is 412 g/mol. The van der Waals surface area contributed by atoms with Gasteiger partial charge in [-0.2, -0.15) is 17.5 Å². The molecule has 0 saturated heterocycles. The quantitative estimate of drug-likeness (QED) is 0.699. The highest BCUT2D eigenvalue weighted by molar-refractivity contribution is 7.89. The highest BCUT2D eigenvalue weighted by Crippen LogP contribution is 2.35. The fraction of sp³-hybridized carbons (Fsp3) is 0.294. The molecule has 7 nitrogen and oxygen atoms in total. The van der Waals surface area contributed by atoms with Gasteiger partial charge in [-0.25, -0.2) is 8.42 Å². The van der Waals surface area contributed by atoms with Gasteiger partial charge in [-0.1, -0.05) is 0 Å². The van der Waals surface area contributed by atoms with Crippen LogP contribution in [0.3, 0.4) is 0 Å². The summed E-state index contributed by atoms with van der Waals surface area (Å²) in [5, 5.41) is 10.9. The van der Waals surface area contributed by atoms with Gasteiger partial charge < -0.3 is 9.67 Å². The molecular weight excluding hydrogens is 397 g/mol. The van der Waals surface area contributed by atoms with E-state index in [9.17, 15) is 26.7 Å². The number of alkyl halides is 3. The Morgan fingerprint density at radius 2 is 1.89 bits per heavy atom. The second kappa shape index (κ2) is 6.17. The van der Waals surface area contributed by atoms with E-state index in [0.29, 0.717) is 34.6 Å². The minimum absolute atomic E-state index is 0.0192. The second-order valence-corrected chi connectivity index (χ2v) is 8.42. The van der Waals surface area contributed by atoms with Gasteiger partial charge in [0.2, 0.25) is 15.9 Å². The van der Waals surface area contributed by atoms with Gasteiger partial charge in [0.25, 0.3) is 0 Å². The number of sulfonamides is 1. The van der Waals surface area contributed by atoms with Gasteiger partial charge in [0.05, 0.1) is 23.1 Å². The number of aryl methyl sites for hydroxylation is 1. The summed E-state index contributed by atoms with van der Waals surface area (Å²) in [6.45, 7) is 1.98. The van der Waals surface area contributed by atoms with E-state index in [1.165, 1.54) is 0 Å². The number of halogens is 3. The number of rotatable bonds is 2. The normalized spacial score (nSPS) is 15.7. The summed E-state index contributed by atoms with van der Waals surface area (Å²) >= 11 is 0. The van der Waals surface area contributed by atoms with Gasteiger partial charge in [-0.3, -0.25) is 9.97 Å². The number of pyridine rings is 2. The lowest BCUT2D eigenvalue weighted by atomic mass is 10.2. The molecule has 0 radical (unpaired) electrons. The molecule has 0 amide bonds. The van der Waals surface area contributed by atoms with Crippen LogP contribution < -0.4 is 0 Å². The molecule has 0 saturated carbocycles. The maximum Gasteiger partial charge on any atom is 0.433 e. The maximum absolute atomic E-state index is 12.9. The number of aromatic nitrogens is 3. The van der Waals surface area contributed by atoms with E-state index in [0.717, 1.165) is 10.4 Å². The molecule has 0 bridgehead atoms. The maximum atomic E-state index is 12.9. The van der Waals surface area contributed by atoms with Crippen LogP contribution in [-0.4, -0.2) is 38.9 Å². The Morgan fingerprint density at radius 3 is 2.54 bits per heavy atom. The standard InChI is InChI=1S/C17H15F3N4O3S/c1-10-2-4-12-15(22-10)13-9-23(6-7-24(13)16(12)25)28(26,27)11-3-5-14(21-8-11)17(18,19)20/h2-5,8,25H,6-7,9H2,1H3.